The van der Waals surface area contributed by atoms with Crippen LogP contribution in [0.3, 0.4) is 0 Å². The molecule has 0 aliphatic heterocycles. The van der Waals surface area contributed by atoms with Crippen LogP contribution in [0.1, 0.15) is 17.5 Å². The maximum Gasteiger partial charge on any atom is 0.247 e. The molecule has 0 saturated carbocycles. The summed E-state index contributed by atoms with van der Waals surface area (Å²) in [5.74, 6) is -0.539. The number of nitrogens with zero attached hydrogens (tertiary/aromatic N) is 2. The van der Waals surface area contributed by atoms with Crippen molar-refractivity contribution >= 4 is 28.9 Å². The second-order valence-corrected chi connectivity index (χ2v) is 7.05. The van der Waals surface area contributed by atoms with Crippen molar-refractivity contribution in [3.63, 3.8) is 0 Å². The van der Waals surface area contributed by atoms with Gasteiger partial charge < -0.3 is 9.73 Å². The molecule has 0 aliphatic carbocycles. The van der Waals surface area contributed by atoms with Gasteiger partial charge in [0, 0.05) is 26.9 Å². The average molecular weight is 432 g/mol. The molecule has 0 aliphatic rings. The number of anilines is 1. The summed E-state index contributed by atoms with van der Waals surface area (Å²) in [4.78, 5) is 0. The van der Waals surface area contributed by atoms with Crippen molar-refractivity contribution in [2.24, 2.45) is 0 Å². The number of hydrogen-bond donors (Lipinski definition) is 1. The van der Waals surface area contributed by atoms with E-state index in [-0.39, 0.29) is 16.8 Å². The van der Waals surface area contributed by atoms with Crippen LogP contribution in [-0.4, -0.2) is 10.2 Å². The lowest BCUT2D eigenvalue weighted by Gasteiger charge is -2.18. The van der Waals surface area contributed by atoms with Gasteiger partial charge in [-0.25, -0.2) is 8.78 Å². The molecule has 0 spiro atoms. The van der Waals surface area contributed by atoms with Crippen LogP contribution in [0.5, 0.6) is 0 Å². The van der Waals surface area contributed by atoms with Crippen molar-refractivity contribution in [2.45, 2.75) is 6.04 Å². The molecule has 3 aromatic carbocycles. The Morgan fingerprint density at radius 1 is 0.862 bits per heavy atom. The quantitative estimate of drug-likeness (QED) is 0.390. The van der Waals surface area contributed by atoms with E-state index in [1.807, 2.05) is 0 Å². The Morgan fingerprint density at radius 2 is 1.62 bits per heavy atom. The monoisotopic (exact) mass is 431 g/mol. The number of halogens is 4. The van der Waals surface area contributed by atoms with Gasteiger partial charge in [-0.15, -0.1) is 10.2 Å². The van der Waals surface area contributed by atoms with E-state index in [0.717, 1.165) is 0 Å². The van der Waals surface area contributed by atoms with Crippen molar-refractivity contribution in [1.29, 1.82) is 0 Å². The second kappa shape index (κ2) is 8.19. The Hall–Kier alpha value is -2.96. The summed E-state index contributed by atoms with van der Waals surface area (Å²) in [6.07, 6.45) is 0. The normalized spacial score (nSPS) is 12.0. The number of aromatic nitrogens is 2. The summed E-state index contributed by atoms with van der Waals surface area (Å²) >= 11 is 12.2. The molecule has 146 valence electrons. The van der Waals surface area contributed by atoms with E-state index in [1.165, 1.54) is 30.3 Å². The van der Waals surface area contributed by atoms with Crippen LogP contribution < -0.4 is 5.32 Å². The Labute approximate surface area is 175 Å². The molecule has 4 rings (SSSR count). The van der Waals surface area contributed by atoms with Gasteiger partial charge in [-0.1, -0.05) is 35.3 Å². The number of nitrogens with one attached hydrogen (secondary N) is 1. The topological polar surface area (TPSA) is 51.0 Å². The Bertz CT molecular complexity index is 1150. The zero-order valence-corrected chi connectivity index (χ0v) is 16.3. The molecule has 29 heavy (non-hydrogen) atoms. The highest BCUT2D eigenvalue weighted by molar-refractivity contribution is 6.31. The molecule has 0 fully saturated rings. The molecule has 1 heterocycles. The predicted octanol–water partition coefficient (Wildman–Crippen LogP) is 6.52. The molecule has 0 amide bonds. The van der Waals surface area contributed by atoms with Gasteiger partial charge in [-0.05, 0) is 54.6 Å². The van der Waals surface area contributed by atoms with Crippen LogP contribution in [0.2, 0.25) is 10.0 Å². The zero-order chi connectivity index (χ0) is 20.4. The van der Waals surface area contributed by atoms with Gasteiger partial charge in [0.05, 0.1) is 0 Å². The molecule has 1 atom stereocenters. The molecule has 0 saturated heterocycles. The Balaban J connectivity index is 1.74. The number of rotatable bonds is 5. The van der Waals surface area contributed by atoms with Crippen molar-refractivity contribution in [2.75, 3.05) is 5.32 Å². The molecule has 8 heteroatoms. The summed E-state index contributed by atoms with van der Waals surface area (Å²) in [5, 5.41) is 12.1. The van der Waals surface area contributed by atoms with Gasteiger partial charge in [0.15, 0.2) is 0 Å². The molecule has 0 radical (unpaired) electrons. The standard InChI is InChI=1S/C21H13Cl2F2N3O/c22-13-4-7-16(8-5-13)26-19(17-9-6-15(25)11-18(17)23)21-28-27-20(29-21)12-2-1-3-14(24)10-12/h1-11,19,26H. The van der Waals surface area contributed by atoms with Crippen molar-refractivity contribution in [3.8, 4) is 11.5 Å². The number of hydrogen-bond acceptors (Lipinski definition) is 4. The zero-order valence-electron chi connectivity index (χ0n) is 14.7. The minimum Gasteiger partial charge on any atom is -0.418 e. The second-order valence-electron chi connectivity index (χ2n) is 6.21. The average Bonchev–Trinajstić information content (AvgIpc) is 3.18. The van der Waals surface area contributed by atoms with E-state index in [1.54, 1.807) is 36.4 Å². The first-order valence-electron chi connectivity index (χ1n) is 8.56. The molecule has 0 bridgehead atoms. The van der Waals surface area contributed by atoms with Gasteiger partial charge in [0.2, 0.25) is 11.8 Å². The summed E-state index contributed by atoms with van der Waals surface area (Å²) in [6, 6.07) is 16.2. The summed E-state index contributed by atoms with van der Waals surface area (Å²) in [5.41, 5.74) is 1.70. The smallest absolute Gasteiger partial charge is 0.247 e. The largest absolute Gasteiger partial charge is 0.418 e. The maximum absolute atomic E-state index is 13.5. The lowest BCUT2D eigenvalue weighted by atomic mass is 10.1. The van der Waals surface area contributed by atoms with Crippen LogP contribution in [0, 0.1) is 11.6 Å². The molecule has 4 nitrogen and oxygen atoms in total. The fourth-order valence-corrected chi connectivity index (χ4v) is 3.21. The van der Waals surface area contributed by atoms with Crippen LogP contribution in [-0.2, 0) is 0 Å². The molecule has 1 N–H and O–H groups in total. The first-order chi connectivity index (χ1) is 14.0. The fraction of sp³-hybridized carbons (Fsp3) is 0.0476. The third-order valence-electron chi connectivity index (χ3n) is 4.19. The molecule has 1 aromatic heterocycles. The minimum atomic E-state index is -0.668. The minimum absolute atomic E-state index is 0.153. The molecular weight excluding hydrogens is 419 g/mol. The molecular formula is C21H13Cl2F2N3O. The summed E-state index contributed by atoms with van der Waals surface area (Å²) in [6.45, 7) is 0. The highest BCUT2D eigenvalue weighted by Crippen LogP contribution is 2.33. The van der Waals surface area contributed by atoms with Crippen molar-refractivity contribution < 1.29 is 13.2 Å². The van der Waals surface area contributed by atoms with Gasteiger partial charge in [-0.2, -0.15) is 0 Å². The van der Waals surface area contributed by atoms with E-state index in [4.69, 9.17) is 27.6 Å². The Morgan fingerprint density at radius 3 is 2.34 bits per heavy atom. The van der Waals surface area contributed by atoms with E-state index < -0.39 is 17.7 Å². The van der Waals surface area contributed by atoms with E-state index in [0.29, 0.717) is 21.8 Å². The third kappa shape index (κ3) is 4.39. The SMILES string of the molecule is Fc1cccc(-c2nnc(C(Nc3ccc(Cl)cc3)c3ccc(F)cc3Cl)o2)c1. The number of benzene rings is 3. The molecule has 1 unspecified atom stereocenters. The van der Waals surface area contributed by atoms with Crippen LogP contribution in [0.25, 0.3) is 11.5 Å². The molecule has 4 aromatic rings. The van der Waals surface area contributed by atoms with Gasteiger partial charge in [-0.3, -0.25) is 0 Å². The fourth-order valence-electron chi connectivity index (χ4n) is 2.81. The van der Waals surface area contributed by atoms with Crippen molar-refractivity contribution in [3.05, 3.63) is 99.9 Å². The first kappa shape index (κ1) is 19.4. The third-order valence-corrected chi connectivity index (χ3v) is 4.77. The van der Waals surface area contributed by atoms with Crippen LogP contribution in [0.15, 0.2) is 71.1 Å². The van der Waals surface area contributed by atoms with Crippen LogP contribution in [0.4, 0.5) is 14.5 Å². The predicted molar refractivity (Wildman–Crippen MR) is 108 cm³/mol. The van der Waals surface area contributed by atoms with E-state index in [9.17, 15) is 8.78 Å². The maximum atomic E-state index is 13.5. The van der Waals surface area contributed by atoms with Crippen LogP contribution >= 0.6 is 23.2 Å². The Kier molecular flexibility index (Phi) is 5.47. The highest BCUT2D eigenvalue weighted by atomic mass is 35.5. The van der Waals surface area contributed by atoms with E-state index >= 15 is 0 Å². The highest BCUT2D eigenvalue weighted by Gasteiger charge is 2.24. The van der Waals surface area contributed by atoms with Crippen molar-refractivity contribution in [1.82, 2.24) is 10.2 Å². The van der Waals surface area contributed by atoms with Gasteiger partial charge in [0.1, 0.15) is 17.7 Å². The van der Waals surface area contributed by atoms with Gasteiger partial charge in [0.25, 0.3) is 0 Å². The van der Waals surface area contributed by atoms with Gasteiger partial charge >= 0.3 is 0 Å². The lowest BCUT2D eigenvalue weighted by Crippen LogP contribution is -2.13. The van der Waals surface area contributed by atoms with E-state index in [2.05, 4.69) is 15.5 Å². The summed E-state index contributed by atoms with van der Waals surface area (Å²) < 4.78 is 32.9. The first-order valence-corrected chi connectivity index (χ1v) is 9.31. The lowest BCUT2D eigenvalue weighted by molar-refractivity contribution is 0.493. The summed E-state index contributed by atoms with van der Waals surface area (Å²) in [7, 11) is 0.